The molecule has 0 saturated heterocycles. The van der Waals surface area contributed by atoms with Gasteiger partial charge in [-0.25, -0.2) is 0 Å². The second-order valence-corrected chi connectivity index (χ2v) is 8.08. The lowest BCUT2D eigenvalue weighted by atomic mass is 10.1. The molecule has 0 radical (unpaired) electrons. The van der Waals surface area contributed by atoms with Gasteiger partial charge in [0.15, 0.2) is 0 Å². The molecular weight excluding hydrogens is 426 g/mol. The molecule has 0 aliphatic rings. The Morgan fingerprint density at radius 2 is 1.45 bits per heavy atom. The van der Waals surface area contributed by atoms with Crippen LogP contribution in [0.2, 0.25) is 0 Å². The first-order chi connectivity index (χ1) is 14.7. The van der Waals surface area contributed by atoms with E-state index in [1.54, 1.807) is 18.2 Å². The van der Waals surface area contributed by atoms with Gasteiger partial charge < -0.3 is 23.9 Å². The molecule has 0 saturated carbocycles. The van der Waals surface area contributed by atoms with Crippen LogP contribution >= 0.6 is 10.9 Å². The van der Waals surface area contributed by atoms with E-state index in [2.05, 4.69) is 10.2 Å². The summed E-state index contributed by atoms with van der Waals surface area (Å²) >= 11 is 0. The summed E-state index contributed by atoms with van der Waals surface area (Å²) in [5.41, 5.74) is -0.356. The predicted octanol–water partition coefficient (Wildman–Crippen LogP) is 6.31. The van der Waals surface area contributed by atoms with Crippen LogP contribution in [0.1, 0.15) is 0 Å². The van der Waals surface area contributed by atoms with Gasteiger partial charge in [-0.2, -0.15) is 0 Å². The van der Waals surface area contributed by atoms with Gasteiger partial charge in [-0.05, 0) is 17.5 Å². The molecule has 10 nitrogen and oxygen atoms in total. The summed E-state index contributed by atoms with van der Waals surface area (Å²) in [6.07, 6.45) is 0. The highest BCUT2D eigenvalue weighted by atomic mass is 32.3. The molecule has 0 heterocycles. The summed E-state index contributed by atoms with van der Waals surface area (Å²) in [5, 5.41) is 41.3. The Morgan fingerprint density at radius 1 is 0.774 bits per heavy atom. The Kier molecular flexibility index (Phi) is 4.95. The van der Waals surface area contributed by atoms with Crippen molar-refractivity contribution < 1.29 is 28.8 Å². The fourth-order valence-corrected chi connectivity index (χ4v) is 3.98. The van der Waals surface area contributed by atoms with Crippen LogP contribution in [0, 0.1) is 10.1 Å². The number of phenols is 2. The number of phenolic OH excluding ortho intramolecular Hbond substituents is 2. The van der Waals surface area contributed by atoms with Gasteiger partial charge in [0.1, 0.15) is 33.7 Å². The minimum atomic E-state index is -4.31. The number of nitro groups is 1. The Balaban J connectivity index is 1.96. The quantitative estimate of drug-likeness (QED) is 0.140. The molecular formula is C20H15N3O7S. The minimum absolute atomic E-state index is 0.0816. The third kappa shape index (κ3) is 3.73. The molecule has 0 aliphatic heterocycles. The van der Waals surface area contributed by atoms with Gasteiger partial charge in [-0.1, -0.05) is 30.3 Å². The maximum Gasteiger partial charge on any atom is 0.270 e. The molecule has 0 unspecified atom stereocenters. The van der Waals surface area contributed by atoms with Gasteiger partial charge >= 0.3 is 0 Å². The van der Waals surface area contributed by atoms with Gasteiger partial charge in [0.05, 0.1) is 9.82 Å². The second-order valence-electron chi connectivity index (χ2n) is 6.60. The first-order valence-corrected chi connectivity index (χ1v) is 10.2. The highest BCUT2D eigenvalue weighted by Gasteiger charge is 2.25. The van der Waals surface area contributed by atoms with E-state index in [4.69, 9.17) is 0 Å². The molecule has 0 aromatic heterocycles. The Morgan fingerprint density at radius 3 is 2.13 bits per heavy atom. The number of fused-ring (bicyclic) bond motifs is 2. The first kappa shape index (κ1) is 20.5. The number of aromatic hydroxyl groups is 2. The lowest BCUT2D eigenvalue weighted by Crippen LogP contribution is -1.98. The summed E-state index contributed by atoms with van der Waals surface area (Å²) in [6.45, 7) is 0. The van der Waals surface area contributed by atoms with Crippen LogP contribution in [0.15, 0.2) is 75.8 Å². The average Bonchev–Trinajstić information content (AvgIpc) is 2.72. The fourth-order valence-electron chi connectivity index (χ4n) is 3.24. The van der Waals surface area contributed by atoms with E-state index >= 15 is 0 Å². The number of azo groups is 1. The van der Waals surface area contributed by atoms with Crippen LogP contribution in [0.5, 0.6) is 11.5 Å². The maximum absolute atomic E-state index is 11.1. The normalized spacial score (nSPS) is 12.6. The number of nitro benzene ring substituents is 1. The van der Waals surface area contributed by atoms with Gasteiger partial charge in [-0.3, -0.25) is 10.1 Å². The van der Waals surface area contributed by atoms with Gasteiger partial charge in [-0.15, -0.1) is 10.2 Å². The monoisotopic (exact) mass is 441 g/mol. The molecule has 5 N–H and O–H groups in total. The molecule has 4 aromatic rings. The molecule has 0 amide bonds. The molecule has 11 heteroatoms. The zero-order valence-corrected chi connectivity index (χ0v) is 16.4. The molecule has 0 aliphatic carbocycles. The smallest absolute Gasteiger partial charge is 0.270 e. The molecule has 4 rings (SSSR count). The summed E-state index contributed by atoms with van der Waals surface area (Å²) in [7, 11) is -4.31. The van der Waals surface area contributed by atoms with Crippen LogP contribution in [-0.2, 0) is 0 Å². The number of hydrogen-bond acceptors (Lipinski definition) is 9. The van der Waals surface area contributed by atoms with Crippen molar-refractivity contribution in [2.75, 3.05) is 0 Å². The van der Waals surface area contributed by atoms with Gasteiger partial charge in [0, 0.05) is 34.4 Å². The number of benzene rings is 4. The minimum Gasteiger partial charge on any atom is -0.506 e. The molecule has 0 bridgehead atoms. The number of non-ortho nitro benzene ring substituents is 1. The zero-order valence-electron chi connectivity index (χ0n) is 15.6. The van der Waals surface area contributed by atoms with Crippen LogP contribution in [0.25, 0.3) is 21.5 Å². The average molecular weight is 441 g/mol. The number of hydrogen-bond donors (Lipinski definition) is 5. The molecule has 4 aromatic carbocycles. The summed E-state index contributed by atoms with van der Waals surface area (Å²) in [5.74, 6) is -0.697. The topological polar surface area (TPSA) is 169 Å². The van der Waals surface area contributed by atoms with Crippen LogP contribution < -0.4 is 0 Å². The number of rotatable bonds is 4. The van der Waals surface area contributed by atoms with Gasteiger partial charge in [0.25, 0.3) is 5.69 Å². The van der Waals surface area contributed by atoms with E-state index in [1.807, 2.05) is 12.1 Å². The van der Waals surface area contributed by atoms with E-state index < -0.39 is 26.4 Å². The van der Waals surface area contributed by atoms with Gasteiger partial charge in [0.2, 0.25) is 0 Å². The largest absolute Gasteiger partial charge is 0.506 e. The van der Waals surface area contributed by atoms with Crippen molar-refractivity contribution in [3.8, 4) is 11.5 Å². The van der Waals surface area contributed by atoms with Crippen LogP contribution in [0.4, 0.5) is 17.1 Å². The Hall–Kier alpha value is -3.77. The molecule has 0 atom stereocenters. The third-order valence-corrected chi connectivity index (χ3v) is 5.60. The highest BCUT2D eigenvalue weighted by molar-refractivity contribution is 8.19. The lowest BCUT2D eigenvalue weighted by molar-refractivity contribution is -0.384. The summed E-state index contributed by atoms with van der Waals surface area (Å²) in [6, 6.07) is 14.6. The predicted molar refractivity (Wildman–Crippen MR) is 116 cm³/mol. The van der Waals surface area contributed by atoms with Crippen molar-refractivity contribution in [1.29, 1.82) is 0 Å². The van der Waals surface area contributed by atoms with Crippen molar-refractivity contribution in [2.24, 2.45) is 10.2 Å². The zero-order chi connectivity index (χ0) is 22.3. The molecule has 158 valence electrons. The van der Waals surface area contributed by atoms with Crippen molar-refractivity contribution in [3.63, 3.8) is 0 Å². The van der Waals surface area contributed by atoms with Crippen molar-refractivity contribution in [1.82, 2.24) is 0 Å². The number of nitrogens with zero attached hydrogens (tertiary/aromatic N) is 3. The van der Waals surface area contributed by atoms with E-state index in [-0.39, 0.29) is 33.6 Å². The van der Waals surface area contributed by atoms with Crippen LogP contribution in [-0.4, -0.2) is 28.8 Å². The molecule has 0 spiro atoms. The molecule has 0 fully saturated rings. The van der Waals surface area contributed by atoms with E-state index in [0.717, 1.165) is 23.6 Å². The third-order valence-electron chi connectivity index (χ3n) is 4.67. The lowest BCUT2D eigenvalue weighted by Gasteiger charge is -2.22. The summed E-state index contributed by atoms with van der Waals surface area (Å²) < 4.78 is 29.2. The van der Waals surface area contributed by atoms with Crippen molar-refractivity contribution in [3.05, 3.63) is 70.8 Å². The molecule has 31 heavy (non-hydrogen) atoms. The van der Waals surface area contributed by atoms with Crippen molar-refractivity contribution >= 4 is 49.5 Å². The summed E-state index contributed by atoms with van der Waals surface area (Å²) in [4.78, 5) is 9.96. The SMILES string of the molecule is O=[N+]([O-])c1ccc2c(N=Nc3c(O)ccc4ccccc34)c(O)cc(S(O)(O)O)c2c1. The Bertz CT molecular complexity index is 1380. The standard InChI is InChI=1S/C20H15N3O7S/c24-16-8-5-11-3-1-2-4-13(11)19(16)21-22-20-14-7-6-12(23(26)27)9-15(14)18(10-17(20)25)31(28,29)30/h1-10,24-25,28-30H. The van der Waals surface area contributed by atoms with Crippen LogP contribution in [0.3, 0.4) is 0 Å². The fraction of sp³-hybridized carbons (Fsp3) is 0. The highest BCUT2D eigenvalue weighted by Crippen LogP contribution is 2.52. The van der Waals surface area contributed by atoms with E-state index in [1.165, 1.54) is 12.1 Å². The second kappa shape index (κ2) is 7.49. The van der Waals surface area contributed by atoms with E-state index in [0.29, 0.717) is 5.39 Å². The van der Waals surface area contributed by atoms with Crippen molar-refractivity contribution in [2.45, 2.75) is 4.90 Å². The maximum atomic E-state index is 11.1. The first-order valence-electron chi connectivity index (χ1n) is 8.74. The van der Waals surface area contributed by atoms with E-state index in [9.17, 15) is 34.0 Å². The Labute approximate surface area is 176 Å².